The molecule has 1 amide bonds. The molecule has 0 radical (unpaired) electrons. The summed E-state index contributed by atoms with van der Waals surface area (Å²) in [6.45, 7) is 3.37. The van der Waals surface area contributed by atoms with Gasteiger partial charge in [-0.15, -0.1) is 0 Å². The van der Waals surface area contributed by atoms with Gasteiger partial charge in [-0.3, -0.25) is 4.79 Å². The summed E-state index contributed by atoms with van der Waals surface area (Å²) >= 11 is 0. The van der Waals surface area contributed by atoms with Crippen LogP contribution >= 0.6 is 0 Å². The zero-order valence-corrected chi connectivity index (χ0v) is 17.2. The fourth-order valence-electron chi connectivity index (χ4n) is 3.92. The predicted molar refractivity (Wildman–Crippen MR) is 114 cm³/mol. The molecule has 1 aliphatic heterocycles. The van der Waals surface area contributed by atoms with Crippen LogP contribution in [0.4, 0.5) is 18.9 Å². The number of unbranched alkanes of at least 4 members (excludes halogenated alkanes) is 1. The highest BCUT2D eigenvalue weighted by Gasteiger charge is 2.33. The summed E-state index contributed by atoms with van der Waals surface area (Å²) in [5.74, 6) is -0.0608. The maximum atomic E-state index is 13.2. The van der Waals surface area contributed by atoms with Gasteiger partial charge in [-0.05, 0) is 74.6 Å². The number of carbonyl (C=O) groups excluding carboxylic acids is 1. The molecule has 3 rings (SSSR count). The normalized spacial score (nSPS) is 15.6. The lowest BCUT2D eigenvalue weighted by Crippen LogP contribution is -2.25. The fraction of sp³-hybridized carbons (Fsp3) is 0.458. The number of amides is 1. The van der Waals surface area contributed by atoms with E-state index in [1.165, 1.54) is 37.8 Å². The van der Waals surface area contributed by atoms with E-state index in [1.807, 2.05) is 0 Å². The summed E-state index contributed by atoms with van der Waals surface area (Å²) in [5.41, 5.74) is 0.543. The maximum absolute atomic E-state index is 13.2. The Hall–Kier alpha value is -2.34. The van der Waals surface area contributed by atoms with E-state index >= 15 is 0 Å². The first-order valence-corrected chi connectivity index (χ1v) is 10.7. The quantitative estimate of drug-likeness (QED) is 0.531. The first-order chi connectivity index (χ1) is 14.4. The number of benzene rings is 2. The lowest BCUT2D eigenvalue weighted by molar-refractivity contribution is -0.137. The molecule has 3 nitrogen and oxygen atoms in total. The Labute approximate surface area is 176 Å². The molecule has 0 bridgehead atoms. The second-order valence-electron chi connectivity index (χ2n) is 7.88. The Morgan fingerprint density at radius 3 is 2.23 bits per heavy atom. The molecule has 30 heavy (non-hydrogen) atoms. The van der Waals surface area contributed by atoms with Crippen molar-refractivity contribution in [1.29, 1.82) is 0 Å². The van der Waals surface area contributed by atoms with Crippen molar-refractivity contribution in [3.63, 3.8) is 0 Å². The molecule has 1 aliphatic rings. The minimum absolute atomic E-state index is 0.0608. The number of hydrogen-bond donors (Lipinski definition) is 1. The highest BCUT2D eigenvalue weighted by Crippen LogP contribution is 2.37. The van der Waals surface area contributed by atoms with Gasteiger partial charge in [-0.25, -0.2) is 0 Å². The Kier molecular flexibility index (Phi) is 7.91. The lowest BCUT2D eigenvalue weighted by Gasteiger charge is -2.19. The highest BCUT2D eigenvalue weighted by molar-refractivity contribution is 5.91. The van der Waals surface area contributed by atoms with Crippen molar-refractivity contribution < 1.29 is 18.0 Å². The summed E-state index contributed by atoms with van der Waals surface area (Å²) in [5, 5.41) is 2.84. The van der Waals surface area contributed by atoms with Crippen LogP contribution in [0.2, 0.25) is 0 Å². The Balaban J connectivity index is 1.48. The molecule has 1 N–H and O–H groups in total. The van der Waals surface area contributed by atoms with Crippen molar-refractivity contribution >= 4 is 11.6 Å². The van der Waals surface area contributed by atoms with Crippen LogP contribution in [0.25, 0.3) is 11.1 Å². The average Bonchev–Trinajstić information content (AvgIpc) is 3.00. The van der Waals surface area contributed by atoms with Crippen LogP contribution in [-0.4, -0.2) is 30.4 Å². The van der Waals surface area contributed by atoms with E-state index in [4.69, 9.17) is 0 Å². The molecule has 6 heteroatoms. The van der Waals surface area contributed by atoms with Gasteiger partial charge in [0.1, 0.15) is 0 Å². The predicted octanol–water partition coefficient (Wildman–Crippen LogP) is 6.36. The third kappa shape index (κ3) is 6.59. The number of carbonyl (C=O) groups is 1. The fourth-order valence-corrected chi connectivity index (χ4v) is 3.92. The average molecular weight is 419 g/mol. The number of hydrogen-bond acceptors (Lipinski definition) is 2. The minimum atomic E-state index is -4.41. The van der Waals surface area contributed by atoms with Gasteiger partial charge in [0.15, 0.2) is 0 Å². The summed E-state index contributed by atoms with van der Waals surface area (Å²) in [7, 11) is 0. The topological polar surface area (TPSA) is 32.3 Å². The van der Waals surface area contributed by atoms with E-state index in [0.29, 0.717) is 17.7 Å². The van der Waals surface area contributed by atoms with Crippen LogP contribution in [0.15, 0.2) is 48.5 Å². The van der Waals surface area contributed by atoms with Crippen molar-refractivity contribution in [2.75, 3.05) is 25.0 Å². The first kappa shape index (κ1) is 22.3. The van der Waals surface area contributed by atoms with E-state index in [0.717, 1.165) is 38.5 Å². The molecule has 0 saturated carbocycles. The maximum Gasteiger partial charge on any atom is 0.417 e. The summed E-state index contributed by atoms with van der Waals surface area (Å²) < 4.78 is 39.6. The number of alkyl halides is 3. The van der Waals surface area contributed by atoms with E-state index in [9.17, 15) is 18.0 Å². The number of anilines is 1. The van der Waals surface area contributed by atoms with Gasteiger partial charge in [-0.1, -0.05) is 43.2 Å². The van der Waals surface area contributed by atoms with E-state index in [1.54, 1.807) is 30.3 Å². The van der Waals surface area contributed by atoms with Gasteiger partial charge in [-0.2, -0.15) is 13.2 Å². The van der Waals surface area contributed by atoms with Gasteiger partial charge in [0, 0.05) is 12.1 Å². The molecule has 1 saturated heterocycles. The molecule has 0 atom stereocenters. The van der Waals surface area contributed by atoms with Crippen molar-refractivity contribution in [3.8, 4) is 11.1 Å². The van der Waals surface area contributed by atoms with E-state index in [2.05, 4.69) is 10.2 Å². The lowest BCUT2D eigenvalue weighted by atomic mass is 9.99. The number of halogens is 3. The van der Waals surface area contributed by atoms with Crippen molar-refractivity contribution in [1.82, 2.24) is 4.90 Å². The van der Waals surface area contributed by atoms with Gasteiger partial charge in [0.2, 0.25) is 5.91 Å². The molecule has 1 heterocycles. The van der Waals surface area contributed by atoms with Crippen LogP contribution in [0, 0.1) is 0 Å². The van der Waals surface area contributed by atoms with Gasteiger partial charge < -0.3 is 10.2 Å². The van der Waals surface area contributed by atoms with Gasteiger partial charge in [0.05, 0.1) is 5.56 Å². The molecule has 2 aromatic rings. The second kappa shape index (κ2) is 10.6. The number of nitrogens with zero attached hydrogens (tertiary/aromatic N) is 1. The number of likely N-dealkylation sites (tertiary alicyclic amines) is 1. The second-order valence-corrected chi connectivity index (χ2v) is 7.88. The molecule has 0 aromatic heterocycles. The van der Waals surface area contributed by atoms with Crippen molar-refractivity contribution in [2.24, 2.45) is 0 Å². The third-order valence-corrected chi connectivity index (χ3v) is 5.54. The summed E-state index contributed by atoms with van der Waals surface area (Å²) in [4.78, 5) is 14.7. The van der Waals surface area contributed by atoms with Gasteiger partial charge >= 0.3 is 6.18 Å². The summed E-state index contributed by atoms with van der Waals surface area (Å²) in [6, 6.07) is 12.0. The number of nitrogens with one attached hydrogen (secondary N) is 1. The largest absolute Gasteiger partial charge is 0.417 e. The van der Waals surface area contributed by atoms with Crippen molar-refractivity contribution in [2.45, 2.75) is 51.1 Å². The first-order valence-electron chi connectivity index (χ1n) is 10.7. The molecule has 162 valence electrons. The summed E-state index contributed by atoms with van der Waals surface area (Å²) in [6.07, 6.45) is 3.05. The number of rotatable bonds is 7. The Morgan fingerprint density at radius 1 is 0.900 bits per heavy atom. The monoisotopic (exact) mass is 418 g/mol. The zero-order valence-electron chi connectivity index (χ0n) is 17.2. The van der Waals surface area contributed by atoms with Crippen LogP contribution in [-0.2, 0) is 11.0 Å². The standard InChI is InChI=1S/C24H29F3N2O/c25-24(26,27)22-10-4-3-9-21(22)19-12-14-20(15-13-19)28-23(30)11-5-8-18-29-16-6-1-2-7-17-29/h3-4,9-10,12-15H,1-2,5-8,11,16-18H2,(H,28,30). The van der Waals surface area contributed by atoms with E-state index < -0.39 is 11.7 Å². The Bertz CT molecular complexity index is 810. The third-order valence-electron chi connectivity index (χ3n) is 5.54. The molecule has 1 fully saturated rings. The highest BCUT2D eigenvalue weighted by atomic mass is 19.4. The molecule has 0 spiro atoms. The SMILES string of the molecule is O=C(CCCCN1CCCCCC1)Nc1ccc(-c2ccccc2C(F)(F)F)cc1. The zero-order chi connectivity index (χ0) is 21.4. The molecule has 2 aromatic carbocycles. The molecular weight excluding hydrogens is 389 g/mol. The molecule has 0 unspecified atom stereocenters. The van der Waals surface area contributed by atoms with Crippen LogP contribution in [0.5, 0.6) is 0 Å². The molecule has 0 aliphatic carbocycles. The molecular formula is C24H29F3N2O. The smallest absolute Gasteiger partial charge is 0.326 e. The van der Waals surface area contributed by atoms with Crippen LogP contribution < -0.4 is 5.32 Å². The van der Waals surface area contributed by atoms with E-state index in [-0.39, 0.29) is 11.5 Å². The van der Waals surface area contributed by atoms with Crippen LogP contribution in [0.1, 0.15) is 50.5 Å². The Morgan fingerprint density at radius 2 is 1.57 bits per heavy atom. The minimum Gasteiger partial charge on any atom is -0.326 e. The van der Waals surface area contributed by atoms with Gasteiger partial charge in [0.25, 0.3) is 0 Å². The van der Waals surface area contributed by atoms with Crippen LogP contribution in [0.3, 0.4) is 0 Å². The van der Waals surface area contributed by atoms with Crippen molar-refractivity contribution in [3.05, 3.63) is 54.1 Å².